The van der Waals surface area contributed by atoms with Gasteiger partial charge in [0.1, 0.15) is 5.75 Å². The van der Waals surface area contributed by atoms with Crippen molar-refractivity contribution < 1.29 is 23.5 Å². The quantitative estimate of drug-likeness (QED) is 0.634. The number of aromatic nitrogens is 2. The van der Waals surface area contributed by atoms with Crippen LogP contribution >= 0.6 is 0 Å². The van der Waals surface area contributed by atoms with Crippen LogP contribution in [0.3, 0.4) is 0 Å². The Balaban J connectivity index is 1.58. The molecule has 3 aromatic rings. The van der Waals surface area contributed by atoms with E-state index in [0.717, 1.165) is 11.1 Å². The van der Waals surface area contributed by atoms with E-state index in [2.05, 4.69) is 10.1 Å². The number of likely N-dealkylation sites (N-methyl/N-ethyl adjacent to an activating group) is 1. The molecule has 0 radical (unpaired) electrons. The zero-order valence-electron chi connectivity index (χ0n) is 16.5. The van der Waals surface area contributed by atoms with Crippen LogP contribution in [-0.2, 0) is 11.2 Å². The van der Waals surface area contributed by atoms with E-state index >= 15 is 0 Å². The smallest absolute Gasteiger partial charge is 0.265 e. The van der Waals surface area contributed by atoms with E-state index < -0.39 is 0 Å². The molecule has 0 atom stereocenters. The zero-order valence-corrected chi connectivity index (χ0v) is 16.5. The lowest BCUT2D eigenvalue weighted by molar-refractivity contribution is -0.121. The monoisotopic (exact) mass is 395 g/mol. The van der Waals surface area contributed by atoms with E-state index in [1.807, 2.05) is 43.3 Å². The van der Waals surface area contributed by atoms with Crippen molar-refractivity contribution in [3.63, 3.8) is 0 Å². The number of carbonyl (C=O) groups is 1. The lowest BCUT2D eigenvalue weighted by atomic mass is 10.1. The van der Waals surface area contributed by atoms with E-state index in [1.165, 1.54) is 0 Å². The molecular weight excluding hydrogens is 374 g/mol. The largest absolute Gasteiger partial charge is 0.493 e. The van der Waals surface area contributed by atoms with Gasteiger partial charge in [-0.1, -0.05) is 11.2 Å². The molecule has 0 saturated carbocycles. The summed E-state index contributed by atoms with van der Waals surface area (Å²) in [7, 11) is 3.19. The van der Waals surface area contributed by atoms with Gasteiger partial charge >= 0.3 is 0 Å². The third kappa shape index (κ3) is 3.61. The third-order valence-electron chi connectivity index (χ3n) is 4.75. The van der Waals surface area contributed by atoms with E-state index in [1.54, 1.807) is 19.1 Å². The predicted molar refractivity (Wildman–Crippen MR) is 106 cm³/mol. The molecule has 8 nitrogen and oxygen atoms in total. The van der Waals surface area contributed by atoms with Gasteiger partial charge in [-0.15, -0.1) is 0 Å². The molecule has 150 valence electrons. The first-order valence-electron chi connectivity index (χ1n) is 9.24. The molecular formula is C21H21N3O5. The zero-order chi connectivity index (χ0) is 20.4. The molecule has 1 amide bonds. The van der Waals surface area contributed by atoms with Crippen molar-refractivity contribution in [2.75, 3.05) is 32.3 Å². The van der Waals surface area contributed by atoms with Gasteiger partial charge in [0, 0.05) is 12.1 Å². The van der Waals surface area contributed by atoms with Gasteiger partial charge in [-0.2, -0.15) is 4.98 Å². The van der Waals surface area contributed by atoms with Crippen LogP contribution in [0.2, 0.25) is 0 Å². The molecule has 2 heterocycles. The summed E-state index contributed by atoms with van der Waals surface area (Å²) < 4.78 is 21.5. The van der Waals surface area contributed by atoms with E-state index in [4.69, 9.17) is 18.7 Å². The number of hydrogen-bond donors (Lipinski definition) is 0. The highest BCUT2D eigenvalue weighted by Crippen LogP contribution is 2.35. The van der Waals surface area contributed by atoms with E-state index in [0.29, 0.717) is 47.6 Å². The maximum atomic E-state index is 12.1. The molecule has 29 heavy (non-hydrogen) atoms. The molecule has 2 aromatic carbocycles. The van der Waals surface area contributed by atoms with Crippen molar-refractivity contribution in [3.05, 3.63) is 47.9 Å². The van der Waals surface area contributed by atoms with Gasteiger partial charge in [-0.05, 0) is 42.8 Å². The Kier molecular flexibility index (Phi) is 5.07. The number of fused-ring (bicyclic) bond motifs is 1. The molecule has 0 saturated heterocycles. The first-order chi connectivity index (χ1) is 14.1. The third-order valence-corrected chi connectivity index (χ3v) is 4.75. The number of nitrogens with zero attached hydrogens (tertiary/aromatic N) is 3. The number of amides is 1. The number of anilines is 1. The highest BCUT2D eigenvalue weighted by Gasteiger charge is 2.25. The molecule has 0 N–H and O–H groups in total. The molecule has 0 spiro atoms. The van der Waals surface area contributed by atoms with Gasteiger partial charge in [0.25, 0.3) is 5.91 Å². The Morgan fingerprint density at radius 2 is 1.93 bits per heavy atom. The van der Waals surface area contributed by atoms with Crippen LogP contribution in [0.4, 0.5) is 5.69 Å². The SMILES string of the molecule is CCN1C(=O)COc2ccc(-c3noc(Cc4ccc(OC)c(OC)c4)n3)cc21. The summed E-state index contributed by atoms with van der Waals surface area (Å²) >= 11 is 0. The highest BCUT2D eigenvalue weighted by atomic mass is 16.5. The second-order valence-electron chi connectivity index (χ2n) is 6.49. The average molecular weight is 395 g/mol. The Labute approximate surface area is 168 Å². The van der Waals surface area contributed by atoms with Crippen LogP contribution in [0.25, 0.3) is 11.4 Å². The minimum absolute atomic E-state index is 0.0534. The van der Waals surface area contributed by atoms with Gasteiger partial charge in [-0.3, -0.25) is 4.79 Å². The summed E-state index contributed by atoms with van der Waals surface area (Å²) in [6.07, 6.45) is 0.459. The van der Waals surface area contributed by atoms with Crippen LogP contribution < -0.4 is 19.1 Å². The number of benzene rings is 2. The highest BCUT2D eigenvalue weighted by molar-refractivity contribution is 5.98. The topological polar surface area (TPSA) is 86.9 Å². The van der Waals surface area contributed by atoms with Crippen LogP contribution in [-0.4, -0.2) is 43.4 Å². The van der Waals surface area contributed by atoms with Crippen molar-refractivity contribution >= 4 is 11.6 Å². The molecule has 1 aliphatic rings. The number of rotatable bonds is 6. The molecule has 0 fully saturated rings. The number of hydrogen-bond acceptors (Lipinski definition) is 7. The van der Waals surface area contributed by atoms with Crippen LogP contribution in [0.5, 0.6) is 17.2 Å². The average Bonchev–Trinajstić information content (AvgIpc) is 3.21. The minimum Gasteiger partial charge on any atom is -0.493 e. The van der Waals surface area contributed by atoms with Crippen molar-refractivity contribution in [3.8, 4) is 28.6 Å². The Bertz CT molecular complexity index is 1050. The van der Waals surface area contributed by atoms with E-state index in [-0.39, 0.29) is 12.5 Å². The standard InChI is InChI=1S/C21H21N3O5/c1-4-24-15-11-14(6-8-16(15)28-12-20(24)25)21-22-19(29-23-21)10-13-5-7-17(26-2)18(9-13)27-3/h5-9,11H,4,10,12H2,1-3H3. The predicted octanol–water partition coefficient (Wildman–Crippen LogP) is 3.09. The molecule has 1 aromatic heterocycles. The lowest BCUT2D eigenvalue weighted by Crippen LogP contribution is -2.38. The number of carbonyl (C=O) groups excluding carboxylic acids is 1. The van der Waals surface area contributed by atoms with Crippen molar-refractivity contribution in [2.45, 2.75) is 13.3 Å². The van der Waals surface area contributed by atoms with Gasteiger partial charge < -0.3 is 23.6 Å². The molecule has 0 bridgehead atoms. The normalized spacial score (nSPS) is 13.1. The molecule has 0 aliphatic carbocycles. The van der Waals surface area contributed by atoms with Gasteiger partial charge in [0.2, 0.25) is 11.7 Å². The fourth-order valence-electron chi connectivity index (χ4n) is 3.30. The Morgan fingerprint density at radius 1 is 1.10 bits per heavy atom. The van der Waals surface area contributed by atoms with Crippen molar-refractivity contribution in [1.82, 2.24) is 10.1 Å². The Morgan fingerprint density at radius 3 is 2.69 bits per heavy atom. The summed E-state index contributed by atoms with van der Waals surface area (Å²) in [6, 6.07) is 11.2. The molecule has 1 aliphatic heterocycles. The van der Waals surface area contributed by atoms with Gasteiger partial charge in [0.05, 0.1) is 26.3 Å². The van der Waals surface area contributed by atoms with Crippen molar-refractivity contribution in [2.24, 2.45) is 0 Å². The Hall–Kier alpha value is -3.55. The molecule has 8 heteroatoms. The summed E-state index contributed by atoms with van der Waals surface area (Å²) in [5, 5.41) is 4.09. The summed E-state index contributed by atoms with van der Waals surface area (Å²) in [4.78, 5) is 18.3. The lowest BCUT2D eigenvalue weighted by Gasteiger charge is -2.28. The fourth-order valence-corrected chi connectivity index (χ4v) is 3.30. The van der Waals surface area contributed by atoms with Gasteiger partial charge in [0.15, 0.2) is 18.1 Å². The molecule has 4 rings (SSSR count). The van der Waals surface area contributed by atoms with E-state index in [9.17, 15) is 4.79 Å². The van der Waals surface area contributed by atoms with Crippen LogP contribution in [0, 0.1) is 0 Å². The van der Waals surface area contributed by atoms with Crippen LogP contribution in [0.1, 0.15) is 18.4 Å². The maximum absolute atomic E-state index is 12.1. The summed E-state index contributed by atoms with van der Waals surface area (Å²) in [6.45, 7) is 2.54. The van der Waals surface area contributed by atoms with Gasteiger partial charge in [-0.25, -0.2) is 0 Å². The minimum atomic E-state index is -0.0700. The number of ether oxygens (including phenoxy) is 3. The molecule has 0 unspecified atom stereocenters. The summed E-state index contributed by atoms with van der Waals surface area (Å²) in [5.74, 6) is 2.84. The number of methoxy groups -OCH3 is 2. The fraction of sp³-hybridized carbons (Fsp3) is 0.286. The van der Waals surface area contributed by atoms with Crippen LogP contribution in [0.15, 0.2) is 40.9 Å². The second kappa shape index (κ2) is 7.83. The first-order valence-corrected chi connectivity index (χ1v) is 9.24. The summed E-state index contributed by atoms with van der Waals surface area (Å²) in [5.41, 5.74) is 2.43. The first kappa shape index (κ1) is 18.8. The second-order valence-corrected chi connectivity index (χ2v) is 6.49. The van der Waals surface area contributed by atoms with Crippen molar-refractivity contribution in [1.29, 1.82) is 0 Å². The maximum Gasteiger partial charge on any atom is 0.265 e.